The third kappa shape index (κ3) is 1.47. The Kier molecular flexibility index (Phi) is 2.34. The maximum atomic E-state index is 5.62. The van der Waals surface area contributed by atoms with Gasteiger partial charge in [0.05, 0.1) is 0 Å². The first-order valence-electron chi connectivity index (χ1n) is 4.55. The molecule has 1 aromatic carbocycles. The molecule has 0 amide bonds. The normalized spacial score (nSPS) is 10.9. The van der Waals surface area contributed by atoms with Gasteiger partial charge in [0, 0.05) is 16.1 Å². The third-order valence-corrected chi connectivity index (χ3v) is 3.51. The highest BCUT2D eigenvalue weighted by Gasteiger charge is 2.03. The van der Waals surface area contributed by atoms with Crippen molar-refractivity contribution >= 4 is 21.4 Å². The van der Waals surface area contributed by atoms with E-state index in [9.17, 15) is 0 Å². The van der Waals surface area contributed by atoms with Crippen LogP contribution < -0.4 is 5.73 Å². The van der Waals surface area contributed by atoms with E-state index in [-0.39, 0.29) is 0 Å². The Morgan fingerprint density at radius 2 is 2.23 bits per heavy atom. The van der Waals surface area contributed by atoms with Crippen molar-refractivity contribution in [2.24, 2.45) is 5.73 Å². The van der Waals surface area contributed by atoms with Crippen LogP contribution in [0, 0.1) is 0 Å². The molecule has 2 aromatic rings. The van der Waals surface area contributed by atoms with Gasteiger partial charge in [0.25, 0.3) is 0 Å². The van der Waals surface area contributed by atoms with Crippen LogP contribution >= 0.6 is 11.3 Å². The number of benzene rings is 1. The molecule has 1 nitrogen and oxygen atoms in total. The number of thiophene rings is 1. The van der Waals surface area contributed by atoms with E-state index in [2.05, 4.69) is 31.2 Å². The highest BCUT2D eigenvalue weighted by atomic mass is 32.1. The first kappa shape index (κ1) is 8.73. The summed E-state index contributed by atoms with van der Waals surface area (Å²) in [4.78, 5) is 1.27. The van der Waals surface area contributed by atoms with Gasteiger partial charge in [-0.05, 0) is 23.4 Å². The lowest BCUT2D eigenvalue weighted by Crippen LogP contribution is -1.91. The van der Waals surface area contributed by atoms with Crippen LogP contribution in [0.2, 0.25) is 0 Å². The van der Waals surface area contributed by atoms with Crippen molar-refractivity contribution in [2.45, 2.75) is 19.9 Å². The standard InChI is InChI=1S/C11H13NS/c1-2-8-4-3-5-9-6-10(7-12)13-11(8)9/h3-6H,2,7,12H2,1H3. The van der Waals surface area contributed by atoms with Gasteiger partial charge < -0.3 is 5.73 Å². The monoisotopic (exact) mass is 191 g/mol. The first-order chi connectivity index (χ1) is 6.35. The van der Waals surface area contributed by atoms with Gasteiger partial charge in [-0.15, -0.1) is 11.3 Å². The van der Waals surface area contributed by atoms with Gasteiger partial charge in [-0.3, -0.25) is 0 Å². The summed E-state index contributed by atoms with van der Waals surface area (Å²) in [6.07, 6.45) is 1.10. The molecule has 0 saturated heterocycles. The van der Waals surface area contributed by atoms with E-state index in [1.165, 1.54) is 20.5 Å². The van der Waals surface area contributed by atoms with Gasteiger partial charge in [0.2, 0.25) is 0 Å². The van der Waals surface area contributed by atoms with Crippen LogP contribution in [-0.4, -0.2) is 0 Å². The maximum absolute atomic E-state index is 5.62. The molecule has 0 spiro atoms. The Balaban J connectivity index is 2.67. The van der Waals surface area contributed by atoms with Crippen molar-refractivity contribution in [1.82, 2.24) is 0 Å². The zero-order valence-corrected chi connectivity index (χ0v) is 8.53. The lowest BCUT2D eigenvalue weighted by atomic mass is 10.1. The van der Waals surface area contributed by atoms with Gasteiger partial charge in [0.15, 0.2) is 0 Å². The summed E-state index contributed by atoms with van der Waals surface area (Å²) < 4.78 is 1.41. The summed E-state index contributed by atoms with van der Waals surface area (Å²) in [7, 11) is 0. The second kappa shape index (κ2) is 3.48. The molecule has 0 saturated carbocycles. The Morgan fingerprint density at radius 1 is 1.38 bits per heavy atom. The molecule has 0 aliphatic rings. The van der Waals surface area contributed by atoms with Gasteiger partial charge in [-0.1, -0.05) is 25.1 Å². The second-order valence-corrected chi connectivity index (χ2v) is 4.24. The predicted octanol–water partition coefficient (Wildman–Crippen LogP) is 2.92. The van der Waals surface area contributed by atoms with Crippen molar-refractivity contribution in [3.8, 4) is 0 Å². The highest BCUT2D eigenvalue weighted by Crippen LogP contribution is 2.28. The van der Waals surface area contributed by atoms with Crippen molar-refractivity contribution in [2.75, 3.05) is 0 Å². The molecular formula is C11H13NS. The maximum Gasteiger partial charge on any atom is 0.0378 e. The first-order valence-corrected chi connectivity index (χ1v) is 5.37. The molecule has 2 heteroatoms. The lowest BCUT2D eigenvalue weighted by molar-refractivity contribution is 1.11. The van der Waals surface area contributed by atoms with Gasteiger partial charge in [0.1, 0.15) is 0 Å². The van der Waals surface area contributed by atoms with Crippen LogP contribution in [-0.2, 0) is 13.0 Å². The summed E-state index contributed by atoms with van der Waals surface area (Å²) in [5.74, 6) is 0. The molecule has 2 N–H and O–H groups in total. The molecule has 0 radical (unpaired) electrons. The summed E-state index contributed by atoms with van der Waals surface area (Å²) in [6, 6.07) is 8.66. The predicted molar refractivity (Wildman–Crippen MR) is 59.1 cm³/mol. The number of aryl methyl sites for hydroxylation is 1. The second-order valence-electron chi connectivity index (χ2n) is 3.11. The molecule has 0 aliphatic carbocycles. The molecule has 0 atom stereocenters. The molecular weight excluding hydrogens is 178 g/mol. The molecule has 0 bridgehead atoms. The average molecular weight is 191 g/mol. The Bertz CT molecular complexity index is 417. The van der Waals surface area contributed by atoms with E-state index in [0.29, 0.717) is 6.54 Å². The minimum atomic E-state index is 0.655. The number of hydrogen-bond donors (Lipinski definition) is 1. The highest BCUT2D eigenvalue weighted by molar-refractivity contribution is 7.19. The number of hydrogen-bond acceptors (Lipinski definition) is 2. The Hall–Kier alpha value is -0.860. The number of rotatable bonds is 2. The van der Waals surface area contributed by atoms with E-state index >= 15 is 0 Å². The lowest BCUT2D eigenvalue weighted by Gasteiger charge is -1.96. The summed E-state index contributed by atoms with van der Waals surface area (Å²) in [5.41, 5.74) is 7.05. The van der Waals surface area contributed by atoms with Crippen LogP contribution in [0.15, 0.2) is 24.3 Å². The SMILES string of the molecule is CCc1cccc2cc(CN)sc12. The van der Waals surface area contributed by atoms with Crippen molar-refractivity contribution in [1.29, 1.82) is 0 Å². The fraction of sp³-hybridized carbons (Fsp3) is 0.273. The smallest absolute Gasteiger partial charge is 0.0378 e. The zero-order chi connectivity index (χ0) is 9.26. The van der Waals surface area contributed by atoms with Crippen LogP contribution in [0.4, 0.5) is 0 Å². The van der Waals surface area contributed by atoms with Gasteiger partial charge in [-0.2, -0.15) is 0 Å². The summed E-state index contributed by atoms with van der Waals surface area (Å²) >= 11 is 1.82. The van der Waals surface area contributed by atoms with E-state index in [0.717, 1.165) is 6.42 Å². The van der Waals surface area contributed by atoms with Crippen molar-refractivity contribution in [3.05, 3.63) is 34.7 Å². The summed E-state index contributed by atoms with van der Waals surface area (Å²) in [5, 5.41) is 1.34. The number of nitrogens with two attached hydrogens (primary N) is 1. The zero-order valence-electron chi connectivity index (χ0n) is 7.71. The largest absolute Gasteiger partial charge is 0.326 e. The average Bonchev–Trinajstić information content (AvgIpc) is 2.59. The van der Waals surface area contributed by atoms with E-state index < -0.39 is 0 Å². The van der Waals surface area contributed by atoms with Gasteiger partial charge in [-0.25, -0.2) is 0 Å². The van der Waals surface area contributed by atoms with Crippen molar-refractivity contribution < 1.29 is 0 Å². The fourth-order valence-electron chi connectivity index (χ4n) is 1.56. The topological polar surface area (TPSA) is 26.0 Å². The molecule has 0 aliphatic heterocycles. The quantitative estimate of drug-likeness (QED) is 0.776. The fourth-order valence-corrected chi connectivity index (χ4v) is 2.68. The Labute approximate surface area is 82.2 Å². The Morgan fingerprint density at radius 3 is 2.92 bits per heavy atom. The van der Waals surface area contributed by atoms with Crippen molar-refractivity contribution in [3.63, 3.8) is 0 Å². The van der Waals surface area contributed by atoms with E-state index in [4.69, 9.17) is 5.73 Å². The molecule has 1 aromatic heterocycles. The van der Waals surface area contributed by atoms with Crippen LogP contribution in [0.1, 0.15) is 17.4 Å². The molecule has 13 heavy (non-hydrogen) atoms. The minimum absolute atomic E-state index is 0.655. The van der Waals surface area contributed by atoms with Gasteiger partial charge >= 0.3 is 0 Å². The molecule has 68 valence electrons. The van der Waals surface area contributed by atoms with Crippen LogP contribution in [0.5, 0.6) is 0 Å². The number of fused-ring (bicyclic) bond motifs is 1. The van der Waals surface area contributed by atoms with Crippen LogP contribution in [0.25, 0.3) is 10.1 Å². The molecule has 0 fully saturated rings. The molecule has 2 rings (SSSR count). The van der Waals surface area contributed by atoms with E-state index in [1.54, 1.807) is 0 Å². The minimum Gasteiger partial charge on any atom is -0.326 e. The van der Waals surface area contributed by atoms with Crippen LogP contribution in [0.3, 0.4) is 0 Å². The third-order valence-electron chi connectivity index (χ3n) is 2.26. The summed E-state index contributed by atoms with van der Waals surface area (Å²) in [6.45, 7) is 2.85. The molecule has 0 unspecified atom stereocenters. The molecule has 1 heterocycles. The van der Waals surface area contributed by atoms with E-state index in [1.807, 2.05) is 11.3 Å².